The van der Waals surface area contributed by atoms with Crippen molar-refractivity contribution in [3.05, 3.63) is 138 Å². The lowest BCUT2D eigenvalue weighted by molar-refractivity contribution is -0.135. The number of allylic oxidation sites excluding steroid dienone is 1. The molecule has 3 N–H and O–H groups in total. The summed E-state index contributed by atoms with van der Waals surface area (Å²) in [6.45, 7) is 10.1. The Hall–Kier alpha value is -5.30. The molecule has 4 aromatic carbocycles. The van der Waals surface area contributed by atoms with E-state index in [0.717, 1.165) is 27.8 Å². The maximum absolute atomic E-state index is 14.6. The zero-order chi connectivity index (χ0) is 33.5. The lowest BCUT2D eigenvalue weighted by Crippen LogP contribution is -2.50. The lowest BCUT2D eigenvalue weighted by Gasteiger charge is -2.28. The molecule has 47 heavy (non-hydrogen) atoms. The van der Waals surface area contributed by atoms with E-state index in [2.05, 4.69) is 55.2 Å². The van der Waals surface area contributed by atoms with Crippen molar-refractivity contribution in [1.29, 1.82) is 0 Å². The third kappa shape index (κ3) is 7.75. The Morgan fingerprint density at radius 3 is 2.26 bits per heavy atom. The molecule has 0 aromatic heterocycles. The number of nitrogens with one attached hydrogen (secondary N) is 1. The van der Waals surface area contributed by atoms with E-state index in [1.807, 2.05) is 80.6 Å². The number of benzodiazepines with no additional fused rings is 1. The smallest absolute Gasteiger partial charge is 0.272 e. The highest BCUT2D eigenvalue weighted by Crippen LogP contribution is 2.31. The first-order valence-electron chi connectivity index (χ1n) is 16.1. The first kappa shape index (κ1) is 33.1. The second-order valence-electron chi connectivity index (χ2n) is 12.5. The summed E-state index contributed by atoms with van der Waals surface area (Å²) < 4.78 is 0. The van der Waals surface area contributed by atoms with Crippen molar-refractivity contribution in [2.45, 2.75) is 46.3 Å². The Labute approximate surface area is 277 Å². The minimum atomic E-state index is -1.24. The number of nitrogens with zero attached hydrogens (tertiary/aromatic N) is 2. The van der Waals surface area contributed by atoms with Gasteiger partial charge >= 0.3 is 0 Å². The number of hydrogen-bond donors (Lipinski definition) is 2. The van der Waals surface area contributed by atoms with Crippen LogP contribution in [0.25, 0.3) is 11.1 Å². The highest BCUT2D eigenvalue weighted by molar-refractivity contribution is 6.20. The zero-order valence-corrected chi connectivity index (χ0v) is 27.2. The average molecular weight is 627 g/mol. The molecule has 5 rings (SSSR count). The predicted octanol–water partition coefficient (Wildman–Crippen LogP) is 6.83. The number of amides is 3. The van der Waals surface area contributed by atoms with Crippen LogP contribution in [-0.2, 0) is 20.9 Å². The summed E-state index contributed by atoms with van der Waals surface area (Å²) in [7, 11) is 0. The molecule has 1 heterocycles. The number of fused-ring (bicyclic) bond motifs is 1. The minimum Gasteiger partial charge on any atom is -0.369 e. The van der Waals surface area contributed by atoms with E-state index in [-0.39, 0.29) is 24.8 Å². The Bertz CT molecular complexity index is 1780. The van der Waals surface area contributed by atoms with E-state index in [0.29, 0.717) is 17.8 Å². The van der Waals surface area contributed by atoms with Gasteiger partial charge in [-0.05, 0) is 54.5 Å². The number of benzene rings is 4. The van der Waals surface area contributed by atoms with Crippen molar-refractivity contribution in [1.82, 2.24) is 5.32 Å². The van der Waals surface area contributed by atoms with Gasteiger partial charge < -0.3 is 16.0 Å². The fourth-order valence-electron chi connectivity index (χ4n) is 6.15. The van der Waals surface area contributed by atoms with Crippen molar-refractivity contribution < 1.29 is 14.4 Å². The number of para-hydroxylation sites is 1. The zero-order valence-electron chi connectivity index (χ0n) is 27.2. The molecule has 7 heteroatoms. The standard InChI is InChI=1S/C40H42N4O3/c1-5-12-32(37(41)45)34(23-26(2)3)39(46)43-38-40(47)44(25-28-13-11-16-31(24-28)29-21-19-27(4)20-22-29)35-18-10-9-17-33(35)36(42-38)30-14-7-6-8-15-30/h5-11,13-22,24,26,32,34,38H,1,12,23,25H2,2-4H3,(H2,41,45)(H,43,46). The number of primary amides is 1. The summed E-state index contributed by atoms with van der Waals surface area (Å²) in [6, 6.07) is 33.8. The van der Waals surface area contributed by atoms with Crippen molar-refractivity contribution in [2.75, 3.05) is 4.90 Å². The molecular formula is C40H42N4O3. The summed E-state index contributed by atoms with van der Waals surface area (Å²) in [6.07, 6.45) is 1.03. The third-order valence-corrected chi connectivity index (χ3v) is 8.52. The van der Waals surface area contributed by atoms with E-state index in [1.165, 1.54) is 5.56 Å². The number of aryl methyl sites for hydroxylation is 1. The Morgan fingerprint density at radius 2 is 1.57 bits per heavy atom. The van der Waals surface area contributed by atoms with E-state index < -0.39 is 29.8 Å². The molecule has 3 amide bonds. The monoisotopic (exact) mass is 626 g/mol. The van der Waals surface area contributed by atoms with Crippen LogP contribution in [0.2, 0.25) is 0 Å². The van der Waals surface area contributed by atoms with Gasteiger partial charge in [0.25, 0.3) is 5.91 Å². The van der Waals surface area contributed by atoms with Crippen LogP contribution in [0.15, 0.2) is 121 Å². The van der Waals surface area contributed by atoms with Crippen molar-refractivity contribution in [2.24, 2.45) is 28.5 Å². The topological polar surface area (TPSA) is 105 Å². The van der Waals surface area contributed by atoms with Crippen LogP contribution in [0.4, 0.5) is 5.69 Å². The van der Waals surface area contributed by atoms with Crippen LogP contribution < -0.4 is 16.0 Å². The van der Waals surface area contributed by atoms with Gasteiger partial charge in [0.1, 0.15) is 0 Å². The molecule has 3 atom stereocenters. The molecule has 0 radical (unpaired) electrons. The van der Waals surface area contributed by atoms with Gasteiger partial charge in [-0.25, -0.2) is 4.99 Å². The number of carbonyl (C=O) groups is 3. The fraction of sp³-hybridized carbons (Fsp3) is 0.250. The number of nitrogens with two attached hydrogens (primary N) is 1. The van der Waals surface area contributed by atoms with Gasteiger partial charge in [0.15, 0.2) is 0 Å². The molecule has 7 nitrogen and oxygen atoms in total. The molecule has 1 aliphatic heterocycles. The summed E-state index contributed by atoms with van der Waals surface area (Å²) in [5, 5.41) is 2.94. The number of hydrogen-bond acceptors (Lipinski definition) is 4. The summed E-state index contributed by atoms with van der Waals surface area (Å²) >= 11 is 0. The summed E-state index contributed by atoms with van der Waals surface area (Å²) in [4.78, 5) is 47.8. The predicted molar refractivity (Wildman–Crippen MR) is 189 cm³/mol. The van der Waals surface area contributed by atoms with Crippen LogP contribution in [0, 0.1) is 24.7 Å². The number of aliphatic imine (C=N–C) groups is 1. The Kier molecular flexibility index (Phi) is 10.5. The third-order valence-electron chi connectivity index (χ3n) is 8.52. The lowest BCUT2D eigenvalue weighted by atomic mass is 9.82. The first-order valence-corrected chi connectivity index (χ1v) is 16.1. The SMILES string of the molecule is C=CCC(C(N)=O)C(CC(C)C)C(=O)NC1N=C(c2ccccc2)c2ccccc2N(Cc2cccc(-c3ccc(C)cc3)c2)C1=O. The maximum atomic E-state index is 14.6. The van der Waals surface area contributed by atoms with Crippen molar-refractivity contribution in [3.63, 3.8) is 0 Å². The first-order chi connectivity index (χ1) is 22.7. The van der Waals surface area contributed by atoms with Gasteiger partial charge in [-0.3, -0.25) is 14.4 Å². The molecule has 240 valence electrons. The second-order valence-corrected chi connectivity index (χ2v) is 12.5. The summed E-state index contributed by atoms with van der Waals surface area (Å²) in [5.74, 6) is -2.79. The fourth-order valence-corrected chi connectivity index (χ4v) is 6.15. The maximum Gasteiger partial charge on any atom is 0.272 e. The molecule has 0 spiro atoms. The van der Waals surface area contributed by atoms with Gasteiger partial charge in [-0.2, -0.15) is 0 Å². The number of anilines is 1. The largest absolute Gasteiger partial charge is 0.369 e. The molecule has 4 aromatic rings. The van der Waals surface area contributed by atoms with Crippen LogP contribution in [-0.4, -0.2) is 29.6 Å². The molecule has 1 aliphatic rings. The molecule has 0 aliphatic carbocycles. The van der Waals surface area contributed by atoms with E-state index in [9.17, 15) is 14.4 Å². The molecule has 0 fully saturated rings. The van der Waals surface area contributed by atoms with Crippen molar-refractivity contribution in [3.8, 4) is 11.1 Å². The molecular weight excluding hydrogens is 584 g/mol. The highest BCUT2D eigenvalue weighted by atomic mass is 16.2. The minimum absolute atomic E-state index is 0.104. The van der Waals surface area contributed by atoms with Gasteiger partial charge in [0.2, 0.25) is 18.0 Å². The van der Waals surface area contributed by atoms with Crippen LogP contribution in [0.1, 0.15) is 48.9 Å². The second kappa shape index (κ2) is 14.9. The average Bonchev–Trinajstić information content (AvgIpc) is 3.17. The van der Waals surface area contributed by atoms with Gasteiger partial charge in [0, 0.05) is 11.1 Å². The highest BCUT2D eigenvalue weighted by Gasteiger charge is 2.37. The molecule has 0 bridgehead atoms. The van der Waals surface area contributed by atoms with Gasteiger partial charge in [-0.15, -0.1) is 6.58 Å². The molecule has 0 saturated heterocycles. The molecule has 3 unspecified atom stereocenters. The molecule has 0 saturated carbocycles. The van der Waals surface area contributed by atoms with Gasteiger partial charge in [-0.1, -0.05) is 116 Å². The number of carbonyl (C=O) groups excluding carboxylic acids is 3. The van der Waals surface area contributed by atoms with Crippen LogP contribution in [0.5, 0.6) is 0 Å². The number of rotatable bonds is 12. The quantitative estimate of drug-likeness (QED) is 0.169. The Balaban J connectivity index is 1.57. The van der Waals surface area contributed by atoms with Gasteiger partial charge in [0.05, 0.1) is 29.8 Å². The Morgan fingerprint density at radius 1 is 0.894 bits per heavy atom. The normalized spacial score (nSPS) is 15.7. The summed E-state index contributed by atoms with van der Waals surface area (Å²) in [5.41, 5.74) is 12.9. The van der Waals surface area contributed by atoms with Crippen LogP contribution in [0.3, 0.4) is 0 Å². The van der Waals surface area contributed by atoms with Crippen LogP contribution >= 0.6 is 0 Å². The van der Waals surface area contributed by atoms with E-state index in [1.54, 1.807) is 11.0 Å². The van der Waals surface area contributed by atoms with E-state index in [4.69, 9.17) is 10.7 Å². The van der Waals surface area contributed by atoms with Crippen molar-refractivity contribution >= 4 is 29.1 Å². The van der Waals surface area contributed by atoms with E-state index >= 15 is 0 Å².